The van der Waals surface area contributed by atoms with Gasteiger partial charge >= 0.3 is 6.36 Å². The van der Waals surface area contributed by atoms with E-state index in [9.17, 15) is 22.8 Å². The van der Waals surface area contributed by atoms with E-state index in [2.05, 4.69) is 25.5 Å². The summed E-state index contributed by atoms with van der Waals surface area (Å²) < 4.78 is 50.5. The number of halogens is 3. The number of nitrogens with zero attached hydrogens (tertiary/aromatic N) is 3. The lowest BCUT2D eigenvalue weighted by molar-refractivity contribution is -0.274. The molecule has 4 aromatic rings. The highest BCUT2D eigenvalue weighted by molar-refractivity contribution is 6.05. The van der Waals surface area contributed by atoms with E-state index in [0.29, 0.717) is 30.5 Å². The largest absolute Gasteiger partial charge is 0.573 e. The Balaban J connectivity index is 1.39. The molecule has 0 radical (unpaired) electrons. The molecule has 5 rings (SSSR count). The van der Waals surface area contributed by atoms with Crippen molar-refractivity contribution >= 4 is 28.4 Å². The minimum absolute atomic E-state index is 0.0130. The van der Waals surface area contributed by atoms with Crippen molar-refractivity contribution in [3.05, 3.63) is 60.1 Å². The molecule has 0 aliphatic carbocycles. The minimum Gasteiger partial charge on any atom is -0.444 e. The molecule has 0 bridgehead atoms. The Hall–Kier alpha value is -4.35. The average Bonchev–Trinajstić information content (AvgIpc) is 3.56. The van der Waals surface area contributed by atoms with E-state index in [1.165, 1.54) is 6.07 Å². The molecule has 2 aromatic heterocycles. The van der Waals surface area contributed by atoms with Gasteiger partial charge in [0.1, 0.15) is 6.26 Å². The van der Waals surface area contributed by atoms with Crippen molar-refractivity contribution in [1.82, 2.24) is 20.1 Å². The van der Waals surface area contributed by atoms with Crippen LogP contribution in [0.2, 0.25) is 0 Å². The number of carbonyl (C=O) groups excluding carboxylic acids is 2. The summed E-state index contributed by atoms with van der Waals surface area (Å²) >= 11 is 0. The Morgan fingerprint density at radius 3 is 2.86 bits per heavy atom. The summed E-state index contributed by atoms with van der Waals surface area (Å²) in [5, 5.41) is 10.0. The monoisotopic (exact) mass is 513 g/mol. The lowest BCUT2D eigenvalue weighted by Crippen LogP contribution is -2.20. The number of aryl methyl sites for hydroxylation is 2. The number of hydrogen-bond donors (Lipinski definition) is 2. The zero-order valence-corrected chi connectivity index (χ0v) is 19.6. The van der Waals surface area contributed by atoms with Crippen molar-refractivity contribution in [3.63, 3.8) is 0 Å². The molecular weight excluding hydrogens is 491 g/mol. The average molecular weight is 513 g/mol. The first-order chi connectivity index (χ1) is 17.6. The Morgan fingerprint density at radius 2 is 2.14 bits per heavy atom. The number of ether oxygens (including phenoxy) is 1. The quantitative estimate of drug-likeness (QED) is 0.371. The van der Waals surface area contributed by atoms with Crippen molar-refractivity contribution in [2.75, 3.05) is 11.9 Å². The summed E-state index contributed by atoms with van der Waals surface area (Å²) in [6.45, 7) is 2.93. The number of oxazole rings is 1. The molecule has 192 valence electrons. The molecule has 1 aliphatic heterocycles. The molecule has 1 unspecified atom stereocenters. The summed E-state index contributed by atoms with van der Waals surface area (Å²) in [4.78, 5) is 28.8. The Bertz CT molecular complexity index is 1480. The van der Waals surface area contributed by atoms with Crippen LogP contribution in [0.5, 0.6) is 5.75 Å². The van der Waals surface area contributed by atoms with Gasteiger partial charge in [-0.15, -0.1) is 13.2 Å². The van der Waals surface area contributed by atoms with Crippen LogP contribution in [0.3, 0.4) is 0 Å². The van der Waals surface area contributed by atoms with Crippen LogP contribution in [0.25, 0.3) is 22.4 Å². The lowest BCUT2D eigenvalue weighted by Gasteiger charge is -2.13. The second-order valence-electron chi connectivity index (χ2n) is 8.77. The third kappa shape index (κ3) is 5.57. The van der Waals surface area contributed by atoms with Crippen molar-refractivity contribution < 1.29 is 31.9 Å². The fraction of sp³-hybridized carbons (Fsp3) is 0.280. The number of rotatable bonds is 7. The predicted octanol–water partition coefficient (Wildman–Crippen LogP) is 4.68. The van der Waals surface area contributed by atoms with E-state index in [4.69, 9.17) is 4.42 Å². The van der Waals surface area contributed by atoms with Gasteiger partial charge in [0.05, 0.1) is 11.2 Å². The number of anilines is 1. The molecular formula is C25H22F3N5O4. The first kappa shape index (κ1) is 24.3. The van der Waals surface area contributed by atoms with Crippen LogP contribution in [0, 0.1) is 12.8 Å². The summed E-state index contributed by atoms with van der Waals surface area (Å²) in [5.74, 6) is -1.32. The molecule has 12 heteroatoms. The summed E-state index contributed by atoms with van der Waals surface area (Å²) in [7, 11) is 0. The topological polar surface area (TPSA) is 111 Å². The van der Waals surface area contributed by atoms with E-state index in [-0.39, 0.29) is 34.6 Å². The first-order valence-electron chi connectivity index (χ1n) is 11.5. The highest BCUT2D eigenvalue weighted by atomic mass is 19.4. The van der Waals surface area contributed by atoms with Gasteiger partial charge in [-0.05, 0) is 38.0 Å². The predicted molar refractivity (Wildman–Crippen MR) is 127 cm³/mol. The Labute approximate surface area is 208 Å². The van der Waals surface area contributed by atoms with Crippen LogP contribution in [0.15, 0.2) is 53.3 Å². The highest BCUT2D eigenvalue weighted by Gasteiger charge is 2.33. The maximum Gasteiger partial charge on any atom is 0.573 e. The van der Waals surface area contributed by atoms with Gasteiger partial charge in [-0.1, -0.05) is 17.7 Å². The van der Waals surface area contributed by atoms with Crippen LogP contribution in [0.4, 0.5) is 18.9 Å². The van der Waals surface area contributed by atoms with Crippen LogP contribution in [0.1, 0.15) is 28.9 Å². The first-order valence-corrected chi connectivity index (χ1v) is 11.5. The number of fused-ring (bicyclic) bond motifs is 1. The van der Waals surface area contributed by atoms with Gasteiger partial charge in [0.2, 0.25) is 11.8 Å². The van der Waals surface area contributed by atoms with Crippen LogP contribution in [-0.4, -0.2) is 39.5 Å². The van der Waals surface area contributed by atoms with Gasteiger partial charge in [0.15, 0.2) is 11.4 Å². The van der Waals surface area contributed by atoms with Gasteiger partial charge in [0, 0.05) is 42.2 Å². The van der Waals surface area contributed by atoms with E-state index in [1.54, 1.807) is 16.9 Å². The molecule has 2 aromatic carbocycles. The smallest absolute Gasteiger partial charge is 0.444 e. The van der Waals surface area contributed by atoms with Crippen LogP contribution >= 0.6 is 0 Å². The fourth-order valence-electron chi connectivity index (χ4n) is 4.21. The molecule has 1 atom stereocenters. The molecule has 9 nitrogen and oxygen atoms in total. The molecule has 1 aliphatic rings. The van der Waals surface area contributed by atoms with Gasteiger partial charge in [-0.2, -0.15) is 5.10 Å². The van der Waals surface area contributed by atoms with Crippen LogP contribution < -0.4 is 15.4 Å². The summed E-state index contributed by atoms with van der Waals surface area (Å²) in [6.07, 6.45) is -0.941. The van der Waals surface area contributed by atoms with Crippen molar-refractivity contribution in [1.29, 1.82) is 0 Å². The van der Waals surface area contributed by atoms with E-state index in [0.717, 1.165) is 24.3 Å². The molecule has 0 spiro atoms. The van der Waals surface area contributed by atoms with E-state index in [1.807, 2.05) is 25.1 Å². The normalized spacial score (nSPS) is 15.7. The van der Waals surface area contributed by atoms with Crippen LogP contribution in [-0.2, 0) is 11.3 Å². The molecule has 1 saturated heterocycles. The van der Waals surface area contributed by atoms with E-state index < -0.39 is 18.0 Å². The molecule has 37 heavy (non-hydrogen) atoms. The third-order valence-corrected chi connectivity index (χ3v) is 6.00. The molecule has 1 fully saturated rings. The number of aromatic nitrogens is 3. The molecule has 0 saturated carbocycles. The zero-order chi connectivity index (χ0) is 26.2. The standard InChI is InChI=1S/C25H22F3N5O4/c1-14-3-2-4-16(9-14)24-31-20(13-36-24)23(35)30-19-10-17-12-33(8-6-15-5-7-29-22(15)34)32-18(17)11-21(19)37-25(26,27)28/h2-4,9-13,15H,5-8H2,1H3,(H,29,34)(H,30,35). The number of nitrogens with one attached hydrogen (secondary N) is 2. The number of alkyl halides is 3. The second-order valence-corrected chi connectivity index (χ2v) is 8.77. The van der Waals surface area contributed by atoms with Gasteiger partial charge < -0.3 is 19.8 Å². The lowest BCUT2D eigenvalue weighted by atomic mass is 10.0. The maximum absolute atomic E-state index is 13.1. The number of hydrogen-bond acceptors (Lipinski definition) is 6. The molecule has 3 heterocycles. The minimum atomic E-state index is -4.99. The van der Waals surface area contributed by atoms with Crippen molar-refractivity contribution in [2.45, 2.75) is 32.7 Å². The van der Waals surface area contributed by atoms with Gasteiger partial charge in [-0.3, -0.25) is 14.3 Å². The summed E-state index contributed by atoms with van der Waals surface area (Å²) in [6, 6.07) is 9.76. The Morgan fingerprint density at radius 1 is 1.30 bits per heavy atom. The summed E-state index contributed by atoms with van der Waals surface area (Å²) in [5.41, 5.74) is 1.56. The Kier molecular flexibility index (Phi) is 6.32. The van der Waals surface area contributed by atoms with Gasteiger partial charge in [-0.25, -0.2) is 4.98 Å². The second kappa shape index (κ2) is 9.60. The highest BCUT2D eigenvalue weighted by Crippen LogP contribution is 2.34. The SMILES string of the molecule is Cc1cccc(-c2nc(C(=O)Nc3cc4cn(CCC5CCNC5=O)nc4cc3OC(F)(F)F)co2)c1. The fourth-order valence-corrected chi connectivity index (χ4v) is 4.21. The molecule has 2 N–H and O–H groups in total. The zero-order valence-electron chi connectivity index (χ0n) is 19.6. The number of amides is 2. The third-order valence-electron chi connectivity index (χ3n) is 6.00. The molecule has 2 amide bonds. The number of carbonyl (C=O) groups is 2. The van der Waals surface area contributed by atoms with Crippen molar-refractivity contribution in [2.24, 2.45) is 5.92 Å². The van der Waals surface area contributed by atoms with E-state index >= 15 is 0 Å². The van der Waals surface area contributed by atoms with Crippen molar-refractivity contribution in [3.8, 4) is 17.2 Å². The maximum atomic E-state index is 13.1. The number of benzene rings is 2. The van der Waals surface area contributed by atoms with Gasteiger partial charge in [0.25, 0.3) is 5.91 Å².